The van der Waals surface area contributed by atoms with Gasteiger partial charge in [0.05, 0.1) is 18.8 Å². The van der Waals surface area contributed by atoms with Crippen LogP contribution in [0.2, 0.25) is 0 Å². The standard InChI is InChI=1S/C13H23N5O/c1-4-10-7-19-9(3)6-18(10)13-11(5-2)12(17-14)15-8-16-13/h8-10H,4-7,14H2,1-3H3,(H,15,16,17). The summed E-state index contributed by atoms with van der Waals surface area (Å²) in [4.78, 5) is 11.0. The Bertz CT molecular complexity index is 425. The summed E-state index contributed by atoms with van der Waals surface area (Å²) in [5.74, 6) is 7.22. The largest absolute Gasteiger partial charge is 0.375 e. The van der Waals surface area contributed by atoms with Crippen molar-refractivity contribution in [3.05, 3.63) is 11.9 Å². The molecule has 0 radical (unpaired) electrons. The number of ether oxygens (including phenoxy) is 1. The average molecular weight is 265 g/mol. The number of hydrogen-bond acceptors (Lipinski definition) is 6. The van der Waals surface area contributed by atoms with Crippen LogP contribution in [0.3, 0.4) is 0 Å². The highest BCUT2D eigenvalue weighted by Gasteiger charge is 2.28. The van der Waals surface area contributed by atoms with Gasteiger partial charge in [-0.1, -0.05) is 13.8 Å². The van der Waals surface area contributed by atoms with E-state index >= 15 is 0 Å². The Morgan fingerprint density at radius 1 is 1.47 bits per heavy atom. The van der Waals surface area contributed by atoms with Gasteiger partial charge < -0.3 is 15.1 Å². The fraction of sp³-hybridized carbons (Fsp3) is 0.692. The predicted molar refractivity (Wildman–Crippen MR) is 76.1 cm³/mol. The van der Waals surface area contributed by atoms with Gasteiger partial charge in [0.1, 0.15) is 18.0 Å². The molecule has 0 saturated carbocycles. The van der Waals surface area contributed by atoms with Gasteiger partial charge in [-0.05, 0) is 19.8 Å². The predicted octanol–water partition coefficient (Wildman–Crippen LogP) is 1.33. The third kappa shape index (κ3) is 2.79. The summed E-state index contributed by atoms with van der Waals surface area (Å²) in [5, 5.41) is 0. The molecule has 0 aliphatic carbocycles. The highest BCUT2D eigenvalue weighted by atomic mass is 16.5. The molecule has 2 heterocycles. The van der Waals surface area contributed by atoms with Gasteiger partial charge in [-0.2, -0.15) is 0 Å². The van der Waals surface area contributed by atoms with Crippen molar-refractivity contribution in [3.8, 4) is 0 Å². The Labute approximate surface area is 114 Å². The zero-order valence-corrected chi connectivity index (χ0v) is 11.9. The van der Waals surface area contributed by atoms with E-state index < -0.39 is 0 Å². The van der Waals surface area contributed by atoms with E-state index in [2.05, 4.69) is 41.1 Å². The summed E-state index contributed by atoms with van der Waals surface area (Å²) >= 11 is 0. The molecular weight excluding hydrogens is 242 g/mol. The number of hydrogen-bond donors (Lipinski definition) is 2. The molecule has 1 fully saturated rings. The molecule has 1 aromatic heterocycles. The number of nitrogens with two attached hydrogens (primary N) is 1. The highest BCUT2D eigenvalue weighted by molar-refractivity contribution is 5.59. The Balaban J connectivity index is 2.38. The van der Waals surface area contributed by atoms with Crippen LogP contribution in [0.15, 0.2) is 6.33 Å². The van der Waals surface area contributed by atoms with Crippen molar-refractivity contribution < 1.29 is 4.74 Å². The number of rotatable bonds is 4. The zero-order chi connectivity index (χ0) is 13.8. The fourth-order valence-corrected chi connectivity index (χ4v) is 2.54. The minimum Gasteiger partial charge on any atom is -0.375 e. The van der Waals surface area contributed by atoms with Crippen LogP contribution in [0.5, 0.6) is 0 Å². The molecule has 106 valence electrons. The van der Waals surface area contributed by atoms with Gasteiger partial charge in [-0.3, -0.25) is 0 Å². The normalized spacial score (nSPS) is 23.5. The van der Waals surface area contributed by atoms with Crippen molar-refractivity contribution in [2.75, 3.05) is 23.5 Å². The first-order chi connectivity index (χ1) is 9.21. The monoisotopic (exact) mass is 265 g/mol. The summed E-state index contributed by atoms with van der Waals surface area (Å²) in [7, 11) is 0. The molecule has 2 atom stereocenters. The Morgan fingerprint density at radius 2 is 2.26 bits per heavy atom. The SMILES string of the molecule is CCc1c(NN)ncnc1N1CC(C)OCC1CC. The Kier molecular flexibility index (Phi) is 4.55. The summed E-state index contributed by atoms with van der Waals surface area (Å²) in [6.45, 7) is 7.95. The van der Waals surface area contributed by atoms with E-state index in [-0.39, 0.29) is 6.10 Å². The quantitative estimate of drug-likeness (QED) is 0.632. The van der Waals surface area contributed by atoms with Crippen LogP contribution < -0.4 is 16.2 Å². The third-order valence-corrected chi connectivity index (χ3v) is 3.62. The van der Waals surface area contributed by atoms with E-state index in [0.29, 0.717) is 11.9 Å². The summed E-state index contributed by atoms with van der Waals surface area (Å²) in [6, 6.07) is 0.363. The number of morpholine rings is 1. The highest BCUT2D eigenvalue weighted by Crippen LogP contribution is 2.28. The molecule has 2 unspecified atom stereocenters. The molecule has 0 spiro atoms. The van der Waals surface area contributed by atoms with Crippen molar-refractivity contribution in [3.63, 3.8) is 0 Å². The molecule has 1 aliphatic rings. The molecule has 3 N–H and O–H groups in total. The van der Waals surface area contributed by atoms with Gasteiger partial charge >= 0.3 is 0 Å². The summed E-state index contributed by atoms with van der Waals surface area (Å²) in [5.41, 5.74) is 3.73. The molecule has 1 aromatic rings. The maximum Gasteiger partial charge on any atom is 0.148 e. The fourth-order valence-electron chi connectivity index (χ4n) is 2.54. The molecule has 0 bridgehead atoms. The second-order valence-corrected chi connectivity index (χ2v) is 4.88. The van der Waals surface area contributed by atoms with Crippen LogP contribution in [0.4, 0.5) is 11.6 Å². The van der Waals surface area contributed by atoms with Crippen molar-refractivity contribution in [1.29, 1.82) is 0 Å². The van der Waals surface area contributed by atoms with Crippen LogP contribution in [0.1, 0.15) is 32.8 Å². The minimum absolute atomic E-state index is 0.219. The van der Waals surface area contributed by atoms with Crippen LogP contribution >= 0.6 is 0 Å². The van der Waals surface area contributed by atoms with Crippen LogP contribution in [-0.4, -0.2) is 35.3 Å². The van der Waals surface area contributed by atoms with Crippen LogP contribution in [-0.2, 0) is 11.2 Å². The van der Waals surface area contributed by atoms with Crippen molar-refractivity contribution in [1.82, 2.24) is 9.97 Å². The molecule has 19 heavy (non-hydrogen) atoms. The first-order valence-corrected chi connectivity index (χ1v) is 6.89. The molecule has 0 aromatic carbocycles. The van der Waals surface area contributed by atoms with Crippen LogP contribution in [0.25, 0.3) is 0 Å². The number of nitrogens with zero attached hydrogens (tertiary/aromatic N) is 3. The van der Waals surface area contributed by atoms with Gasteiger partial charge in [-0.15, -0.1) is 0 Å². The van der Waals surface area contributed by atoms with Gasteiger partial charge in [-0.25, -0.2) is 15.8 Å². The van der Waals surface area contributed by atoms with Crippen molar-refractivity contribution in [2.45, 2.75) is 45.8 Å². The molecule has 1 aliphatic heterocycles. The van der Waals surface area contributed by atoms with E-state index in [9.17, 15) is 0 Å². The zero-order valence-electron chi connectivity index (χ0n) is 11.9. The summed E-state index contributed by atoms with van der Waals surface area (Å²) < 4.78 is 5.74. The maximum atomic E-state index is 5.74. The summed E-state index contributed by atoms with van der Waals surface area (Å²) in [6.07, 6.45) is 3.66. The molecule has 1 saturated heterocycles. The first-order valence-electron chi connectivity index (χ1n) is 6.89. The number of nitrogen functional groups attached to an aromatic ring is 1. The third-order valence-electron chi connectivity index (χ3n) is 3.62. The second-order valence-electron chi connectivity index (χ2n) is 4.88. The lowest BCUT2D eigenvalue weighted by Gasteiger charge is -2.40. The molecule has 6 nitrogen and oxygen atoms in total. The van der Waals surface area contributed by atoms with E-state index in [1.807, 2.05) is 0 Å². The van der Waals surface area contributed by atoms with E-state index in [1.54, 1.807) is 6.33 Å². The topological polar surface area (TPSA) is 76.3 Å². The smallest absolute Gasteiger partial charge is 0.148 e. The van der Waals surface area contributed by atoms with Crippen molar-refractivity contribution >= 4 is 11.6 Å². The van der Waals surface area contributed by atoms with E-state index in [1.165, 1.54) is 0 Å². The number of aromatic nitrogens is 2. The maximum absolute atomic E-state index is 5.74. The Morgan fingerprint density at radius 3 is 2.89 bits per heavy atom. The first kappa shape index (κ1) is 14.0. The second kappa shape index (κ2) is 6.16. The van der Waals surface area contributed by atoms with E-state index in [4.69, 9.17) is 10.6 Å². The molecule has 6 heteroatoms. The molecule has 2 rings (SSSR count). The van der Waals surface area contributed by atoms with Gasteiger partial charge in [0.15, 0.2) is 0 Å². The lowest BCUT2D eigenvalue weighted by atomic mass is 10.1. The van der Waals surface area contributed by atoms with Gasteiger partial charge in [0, 0.05) is 12.1 Å². The van der Waals surface area contributed by atoms with Crippen molar-refractivity contribution in [2.24, 2.45) is 5.84 Å². The number of anilines is 2. The number of nitrogens with one attached hydrogen (secondary N) is 1. The molecular formula is C13H23N5O. The molecule has 0 amide bonds. The lowest BCUT2D eigenvalue weighted by Crippen LogP contribution is -2.49. The van der Waals surface area contributed by atoms with Gasteiger partial charge in [0.25, 0.3) is 0 Å². The Hall–Kier alpha value is -1.40. The van der Waals surface area contributed by atoms with E-state index in [0.717, 1.165) is 37.4 Å². The number of hydrazine groups is 1. The average Bonchev–Trinajstić information content (AvgIpc) is 2.46. The lowest BCUT2D eigenvalue weighted by molar-refractivity contribution is 0.0295. The minimum atomic E-state index is 0.219. The van der Waals surface area contributed by atoms with Crippen LogP contribution in [0, 0.1) is 0 Å². The van der Waals surface area contributed by atoms with Gasteiger partial charge in [0.2, 0.25) is 0 Å².